The van der Waals surface area contributed by atoms with Crippen molar-refractivity contribution in [1.29, 1.82) is 0 Å². The maximum absolute atomic E-state index is 6.22. The Morgan fingerprint density at radius 3 is 2.77 bits per heavy atom. The highest BCUT2D eigenvalue weighted by molar-refractivity contribution is 5.71. The Morgan fingerprint density at radius 1 is 1.30 bits per heavy atom. The van der Waals surface area contributed by atoms with Crippen LogP contribution in [0.4, 0.5) is 0 Å². The molecule has 164 valence electrons. The van der Waals surface area contributed by atoms with Gasteiger partial charge in [0, 0.05) is 18.5 Å². The lowest BCUT2D eigenvalue weighted by Gasteiger charge is -2.25. The van der Waals surface area contributed by atoms with Gasteiger partial charge in [-0.15, -0.1) is 0 Å². The van der Waals surface area contributed by atoms with Crippen molar-refractivity contribution in [3.05, 3.63) is 47.7 Å². The Labute approximate surface area is 180 Å². The van der Waals surface area contributed by atoms with Crippen molar-refractivity contribution < 1.29 is 18.9 Å². The van der Waals surface area contributed by atoms with E-state index in [2.05, 4.69) is 43.6 Å². The van der Waals surface area contributed by atoms with Gasteiger partial charge in [-0.1, -0.05) is 38.0 Å². The fourth-order valence-electron chi connectivity index (χ4n) is 3.92. The Morgan fingerprint density at radius 2 is 2.10 bits per heavy atom. The number of hydrogen-bond donors (Lipinski definition) is 0. The van der Waals surface area contributed by atoms with E-state index in [-0.39, 0.29) is 18.1 Å². The van der Waals surface area contributed by atoms with Gasteiger partial charge in [-0.05, 0) is 56.7 Å². The molecule has 5 heteroatoms. The highest BCUT2D eigenvalue weighted by Crippen LogP contribution is 2.43. The predicted molar refractivity (Wildman–Crippen MR) is 121 cm³/mol. The number of allylic oxidation sites excluding steroid dienone is 2. The topological polar surface area (TPSA) is 52.6 Å². The van der Waals surface area contributed by atoms with E-state index in [0.717, 1.165) is 55.8 Å². The van der Waals surface area contributed by atoms with Crippen LogP contribution in [0, 0.1) is 0 Å². The third-order valence-corrected chi connectivity index (χ3v) is 5.56. The zero-order chi connectivity index (χ0) is 21.3. The number of benzene rings is 1. The van der Waals surface area contributed by atoms with Crippen LogP contribution in [-0.4, -0.2) is 32.4 Å². The van der Waals surface area contributed by atoms with Crippen LogP contribution in [0.5, 0.6) is 11.5 Å². The molecule has 0 saturated carbocycles. The summed E-state index contributed by atoms with van der Waals surface area (Å²) in [5.74, 6) is 1.80. The van der Waals surface area contributed by atoms with Gasteiger partial charge in [-0.3, -0.25) is 0 Å². The van der Waals surface area contributed by atoms with Crippen molar-refractivity contribution in [2.45, 2.75) is 70.8 Å². The van der Waals surface area contributed by atoms with Gasteiger partial charge < -0.3 is 18.9 Å². The van der Waals surface area contributed by atoms with E-state index in [0.29, 0.717) is 6.61 Å². The molecule has 1 aliphatic carbocycles. The van der Waals surface area contributed by atoms with Crippen molar-refractivity contribution in [3.8, 4) is 11.5 Å². The van der Waals surface area contributed by atoms with Crippen molar-refractivity contribution in [2.75, 3.05) is 20.3 Å². The van der Waals surface area contributed by atoms with E-state index in [1.54, 1.807) is 7.05 Å². The van der Waals surface area contributed by atoms with E-state index < -0.39 is 0 Å². The molecule has 1 heterocycles. The first-order valence-corrected chi connectivity index (χ1v) is 11.1. The molecule has 0 bridgehead atoms. The normalized spacial score (nSPS) is 21.0. The Balaban J connectivity index is 1.94. The predicted octanol–water partition coefficient (Wildman–Crippen LogP) is 5.94. The van der Waals surface area contributed by atoms with Crippen LogP contribution in [0.2, 0.25) is 0 Å². The highest BCUT2D eigenvalue weighted by Gasteiger charge is 2.27. The highest BCUT2D eigenvalue weighted by atomic mass is 16.7. The molecule has 30 heavy (non-hydrogen) atoms. The van der Waals surface area contributed by atoms with E-state index in [1.165, 1.54) is 30.2 Å². The maximum Gasteiger partial charge on any atom is 0.388 e. The zero-order valence-corrected chi connectivity index (χ0v) is 18.6. The van der Waals surface area contributed by atoms with Crippen LogP contribution in [0.25, 0.3) is 0 Å². The molecule has 0 radical (unpaired) electrons. The second kappa shape index (κ2) is 11.2. The van der Waals surface area contributed by atoms with Gasteiger partial charge in [0.2, 0.25) is 0 Å². The standard InChI is InChI=1S/C25H35NO4/c1-5-7-8-11-19-14-22(27-6-2)24(20-12-9-10-18(3)13-20)23(15-19)30-25(26-4)29-17-21-16-28-21/h6,13-15,20-21H,2,5,7-12,16-17H2,1,3-4H3/t20-,21?/m0/s1. The van der Waals surface area contributed by atoms with Crippen molar-refractivity contribution in [3.63, 3.8) is 0 Å². The van der Waals surface area contributed by atoms with E-state index in [9.17, 15) is 0 Å². The van der Waals surface area contributed by atoms with Gasteiger partial charge in [-0.2, -0.15) is 0 Å². The fraction of sp³-hybridized carbons (Fsp3) is 0.560. The number of aliphatic imine (C=N–C) groups is 1. The summed E-state index contributed by atoms with van der Waals surface area (Å²) >= 11 is 0. The molecule has 0 amide bonds. The molecule has 0 spiro atoms. The number of nitrogens with zero attached hydrogens (tertiary/aromatic N) is 1. The van der Waals surface area contributed by atoms with Gasteiger partial charge in [0.25, 0.3) is 0 Å². The molecule has 1 aromatic carbocycles. The quantitative estimate of drug-likeness (QED) is 0.119. The lowest BCUT2D eigenvalue weighted by Crippen LogP contribution is -2.18. The Hall–Kier alpha value is -2.27. The van der Waals surface area contributed by atoms with E-state index >= 15 is 0 Å². The molecule has 1 aliphatic heterocycles. The van der Waals surface area contributed by atoms with E-state index in [1.807, 2.05) is 0 Å². The lowest BCUT2D eigenvalue weighted by molar-refractivity contribution is 0.205. The van der Waals surface area contributed by atoms with Crippen molar-refractivity contribution >= 4 is 6.08 Å². The van der Waals surface area contributed by atoms with Gasteiger partial charge in [-0.25, -0.2) is 4.99 Å². The second-order valence-corrected chi connectivity index (χ2v) is 8.12. The Kier molecular flexibility index (Phi) is 8.38. The Bertz CT molecular complexity index is 780. The van der Waals surface area contributed by atoms with Crippen LogP contribution >= 0.6 is 0 Å². The van der Waals surface area contributed by atoms with Crippen LogP contribution < -0.4 is 9.47 Å². The molecular formula is C25H35NO4. The first kappa shape index (κ1) is 22.4. The monoisotopic (exact) mass is 413 g/mol. The SMILES string of the molecule is C=COc1cc(CCCCC)cc(OC(=NC)OCC2CO2)c1[C@@H]1C=C(C)CCC1. The summed E-state index contributed by atoms with van der Waals surface area (Å²) in [7, 11) is 1.68. The molecule has 0 N–H and O–H groups in total. The van der Waals surface area contributed by atoms with Crippen molar-refractivity contribution in [2.24, 2.45) is 4.99 Å². The van der Waals surface area contributed by atoms with Crippen LogP contribution in [0.1, 0.15) is 69.4 Å². The molecule has 2 aliphatic rings. The third-order valence-electron chi connectivity index (χ3n) is 5.56. The summed E-state index contributed by atoms with van der Waals surface area (Å²) in [6.07, 6.45) is 12.1. The van der Waals surface area contributed by atoms with Crippen LogP contribution in [0.3, 0.4) is 0 Å². The largest absolute Gasteiger partial charge is 0.465 e. The number of aryl methyl sites for hydroxylation is 1. The maximum atomic E-state index is 6.22. The first-order chi connectivity index (χ1) is 14.6. The smallest absolute Gasteiger partial charge is 0.388 e. The summed E-state index contributed by atoms with van der Waals surface area (Å²) < 4.78 is 23.1. The molecule has 2 atom stereocenters. The molecular weight excluding hydrogens is 378 g/mol. The molecule has 0 aromatic heterocycles. The number of epoxide rings is 1. The number of hydrogen-bond acceptors (Lipinski definition) is 5. The summed E-state index contributed by atoms with van der Waals surface area (Å²) in [5, 5.41) is 0. The van der Waals surface area contributed by atoms with Crippen LogP contribution in [0.15, 0.2) is 41.6 Å². The molecule has 1 unspecified atom stereocenters. The van der Waals surface area contributed by atoms with Gasteiger partial charge in [0.05, 0.1) is 12.9 Å². The number of unbranched alkanes of at least 4 members (excludes halogenated alkanes) is 2. The summed E-state index contributed by atoms with van der Waals surface area (Å²) in [4.78, 5) is 4.21. The minimum Gasteiger partial charge on any atom is -0.465 e. The summed E-state index contributed by atoms with van der Waals surface area (Å²) in [5.41, 5.74) is 3.64. The number of ether oxygens (including phenoxy) is 4. The third kappa shape index (κ3) is 6.36. The minimum absolute atomic E-state index is 0.147. The molecule has 1 saturated heterocycles. The average molecular weight is 414 g/mol. The molecule has 1 aromatic rings. The molecule has 3 rings (SSSR count). The molecule has 5 nitrogen and oxygen atoms in total. The summed E-state index contributed by atoms with van der Waals surface area (Å²) in [6, 6.07) is 4.26. The average Bonchev–Trinajstić information content (AvgIpc) is 3.56. The van der Waals surface area contributed by atoms with Gasteiger partial charge in [0.1, 0.15) is 24.2 Å². The summed E-state index contributed by atoms with van der Waals surface area (Å²) in [6.45, 7) is 9.38. The van der Waals surface area contributed by atoms with E-state index in [4.69, 9.17) is 18.9 Å². The molecule has 1 fully saturated rings. The van der Waals surface area contributed by atoms with Gasteiger partial charge in [0.15, 0.2) is 0 Å². The fourth-order valence-corrected chi connectivity index (χ4v) is 3.92. The minimum atomic E-state index is 0.147. The van der Waals surface area contributed by atoms with Crippen molar-refractivity contribution in [1.82, 2.24) is 0 Å². The zero-order valence-electron chi connectivity index (χ0n) is 18.6. The number of rotatable bonds is 10. The lowest BCUT2D eigenvalue weighted by atomic mass is 9.84. The first-order valence-electron chi connectivity index (χ1n) is 11.1. The van der Waals surface area contributed by atoms with Gasteiger partial charge >= 0.3 is 6.08 Å². The second-order valence-electron chi connectivity index (χ2n) is 8.12. The van der Waals surface area contributed by atoms with Crippen LogP contribution in [-0.2, 0) is 15.9 Å².